The van der Waals surface area contributed by atoms with E-state index in [1.807, 2.05) is 44.4 Å². The molecule has 8 nitrogen and oxygen atoms in total. The number of nitrogens with zero attached hydrogens (tertiary/aromatic N) is 2. The fourth-order valence-electron chi connectivity index (χ4n) is 3.96. The van der Waals surface area contributed by atoms with E-state index in [0.717, 1.165) is 12.8 Å². The first-order chi connectivity index (χ1) is 13.5. The Morgan fingerprint density at radius 3 is 2.28 bits per heavy atom. The predicted molar refractivity (Wildman–Crippen MR) is 115 cm³/mol. The number of hydrogen-bond donors (Lipinski definition) is 3. The van der Waals surface area contributed by atoms with Gasteiger partial charge in [0.15, 0.2) is 0 Å². The molecular weight excluding hydrogens is 370 g/mol. The summed E-state index contributed by atoms with van der Waals surface area (Å²) in [4.78, 5) is 41.0. The van der Waals surface area contributed by atoms with Gasteiger partial charge >= 0.3 is 0 Å². The zero-order chi connectivity index (χ0) is 22.1. The van der Waals surface area contributed by atoms with Gasteiger partial charge in [-0.25, -0.2) is 0 Å². The third-order valence-corrected chi connectivity index (χ3v) is 5.37. The lowest BCUT2D eigenvalue weighted by Gasteiger charge is -2.40. The van der Waals surface area contributed by atoms with Crippen molar-refractivity contribution >= 4 is 17.7 Å². The Balaban J connectivity index is 2.84. The molecule has 168 valence electrons. The van der Waals surface area contributed by atoms with E-state index in [2.05, 4.69) is 5.32 Å². The molecule has 5 N–H and O–H groups in total. The molecule has 0 bridgehead atoms. The van der Waals surface area contributed by atoms with E-state index in [1.54, 1.807) is 0 Å². The summed E-state index contributed by atoms with van der Waals surface area (Å²) in [6.07, 6.45) is 2.93. The summed E-state index contributed by atoms with van der Waals surface area (Å²) >= 11 is 0. The lowest BCUT2D eigenvalue weighted by atomic mass is 9.98. The first kappa shape index (κ1) is 25.4. The number of piperidine rings is 1. The number of nitrogens with one attached hydrogen (secondary N) is 1. The van der Waals surface area contributed by atoms with Gasteiger partial charge in [-0.05, 0) is 44.1 Å². The number of carbonyl (C=O) groups is 3. The molecule has 0 aromatic rings. The number of primary amides is 1. The van der Waals surface area contributed by atoms with Crippen LogP contribution in [0.5, 0.6) is 0 Å². The monoisotopic (exact) mass is 411 g/mol. The van der Waals surface area contributed by atoms with Crippen molar-refractivity contribution in [1.29, 1.82) is 0 Å². The first-order valence-electron chi connectivity index (χ1n) is 10.9. The van der Waals surface area contributed by atoms with E-state index in [1.165, 1.54) is 0 Å². The molecule has 3 atom stereocenters. The van der Waals surface area contributed by atoms with E-state index >= 15 is 0 Å². The van der Waals surface area contributed by atoms with E-state index in [4.69, 9.17) is 11.5 Å². The maximum Gasteiger partial charge on any atom is 0.245 e. The van der Waals surface area contributed by atoms with E-state index in [9.17, 15) is 14.4 Å². The van der Waals surface area contributed by atoms with E-state index in [-0.39, 0.29) is 36.2 Å². The Kier molecular flexibility index (Phi) is 10.6. The number of carbonyl (C=O) groups excluding carboxylic acids is 3. The minimum atomic E-state index is -0.613. The Bertz CT molecular complexity index is 552. The third-order valence-electron chi connectivity index (χ3n) is 5.37. The smallest absolute Gasteiger partial charge is 0.245 e. The average Bonchev–Trinajstić information content (AvgIpc) is 2.63. The van der Waals surface area contributed by atoms with Crippen molar-refractivity contribution in [1.82, 2.24) is 15.1 Å². The van der Waals surface area contributed by atoms with Crippen LogP contribution in [-0.2, 0) is 14.4 Å². The molecule has 1 saturated heterocycles. The highest BCUT2D eigenvalue weighted by Crippen LogP contribution is 2.18. The highest BCUT2D eigenvalue weighted by molar-refractivity contribution is 5.89. The Labute approximate surface area is 175 Å². The summed E-state index contributed by atoms with van der Waals surface area (Å²) in [5.41, 5.74) is 11.4. The largest absolute Gasteiger partial charge is 0.369 e. The Morgan fingerprint density at radius 1 is 1.14 bits per heavy atom. The zero-order valence-electron chi connectivity index (χ0n) is 18.8. The maximum atomic E-state index is 13.3. The number of amides is 3. The van der Waals surface area contributed by atoms with E-state index in [0.29, 0.717) is 38.4 Å². The van der Waals surface area contributed by atoms with Crippen LogP contribution in [0, 0.1) is 11.8 Å². The second kappa shape index (κ2) is 12.1. The molecule has 0 spiro atoms. The van der Waals surface area contributed by atoms with Crippen molar-refractivity contribution in [3.63, 3.8) is 0 Å². The van der Waals surface area contributed by atoms with E-state index < -0.39 is 12.1 Å². The van der Waals surface area contributed by atoms with Crippen molar-refractivity contribution in [3.8, 4) is 0 Å². The van der Waals surface area contributed by atoms with Gasteiger partial charge in [0.05, 0.1) is 12.6 Å². The van der Waals surface area contributed by atoms with Gasteiger partial charge in [-0.2, -0.15) is 0 Å². The molecule has 0 radical (unpaired) electrons. The van der Waals surface area contributed by atoms with Crippen LogP contribution in [-0.4, -0.2) is 71.8 Å². The molecule has 1 aliphatic heterocycles. The molecular formula is C21H41N5O3. The average molecular weight is 412 g/mol. The number of likely N-dealkylation sites (N-methyl/N-ethyl adjacent to an activating group) is 1. The molecule has 29 heavy (non-hydrogen) atoms. The first-order valence-corrected chi connectivity index (χ1v) is 10.9. The summed E-state index contributed by atoms with van der Waals surface area (Å²) < 4.78 is 0. The second-order valence-electron chi connectivity index (χ2n) is 9.04. The topological polar surface area (TPSA) is 122 Å². The lowest BCUT2D eigenvalue weighted by molar-refractivity contribution is -0.139. The van der Waals surface area contributed by atoms with Crippen LogP contribution >= 0.6 is 0 Å². The van der Waals surface area contributed by atoms with Crippen LogP contribution in [0.4, 0.5) is 0 Å². The second-order valence-corrected chi connectivity index (χ2v) is 9.04. The van der Waals surface area contributed by atoms with Crippen LogP contribution < -0.4 is 16.8 Å². The molecule has 1 heterocycles. The predicted octanol–water partition coefficient (Wildman–Crippen LogP) is 0.689. The fourth-order valence-corrected chi connectivity index (χ4v) is 3.96. The molecule has 0 aromatic carbocycles. The van der Waals surface area contributed by atoms with Crippen molar-refractivity contribution in [2.75, 3.05) is 26.2 Å². The molecule has 0 unspecified atom stereocenters. The molecule has 0 aromatic heterocycles. The minimum Gasteiger partial charge on any atom is -0.369 e. The maximum absolute atomic E-state index is 13.3. The SMILES string of the molecule is CCN(CC(N)=O)[C@H]1CCCN(C(=O)[C@H](CC(C)C)NC(=O)[C@@H](N)CC(C)C)C1. The summed E-state index contributed by atoms with van der Waals surface area (Å²) in [5.74, 6) is -0.130. The van der Waals surface area contributed by atoms with Gasteiger partial charge in [0, 0.05) is 19.1 Å². The van der Waals surface area contributed by atoms with Crippen molar-refractivity contribution in [3.05, 3.63) is 0 Å². The fraction of sp³-hybridized carbons (Fsp3) is 0.857. The van der Waals surface area contributed by atoms with Gasteiger partial charge in [-0.1, -0.05) is 34.6 Å². The highest BCUT2D eigenvalue weighted by Gasteiger charge is 2.33. The number of rotatable bonds is 11. The van der Waals surface area contributed by atoms with Crippen LogP contribution in [0.3, 0.4) is 0 Å². The van der Waals surface area contributed by atoms with Gasteiger partial charge in [-0.15, -0.1) is 0 Å². The number of hydrogen-bond acceptors (Lipinski definition) is 5. The van der Waals surface area contributed by atoms with Crippen LogP contribution in [0.15, 0.2) is 0 Å². The lowest BCUT2D eigenvalue weighted by Crippen LogP contribution is -2.57. The van der Waals surface area contributed by atoms with Crippen molar-refractivity contribution in [2.24, 2.45) is 23.3 Å². The standard InChI is InChI=1S/C21H41N5O3/c1-6-25(13-19(23)27)16-8-7-9-26(12-16)21(29)18(11-15(4)5)24-20(28)17(22)10-14(2)3/h14-18H,6-13,22H2,1-5H3,(H2,23,27)(H,24,28)/t16-,17-,18-/m0/s1. The van der Waals surface area contributed by atoms with Gasteiger partial charge in [0.1, 0.15) is 6.04 Å². The van der Waals surface area contributed by atoms with Crippen molar-refractivity contribution in [2.45, 2.75) is 78.4 Å². The van der Waals surface area contributed by atoms with Crippen LogP contribution in [0.25, 0.3) is 0 Å². The minimum absolute atomic E-state index is 0.0661. The highest BCUT2D eigenvalue weighted by atomic mass is 16.2. The molecule has 8 heteroatoms. The number of likely N-dealkylation sites (tertiary alicyclic amines) is 1. The molecule has 0 aliphatic carbocycles. The molecule has 1 rings (SSSR count). The Hall–Kier alpha value is -1.67. The number of nitrogens with two attached hydrogens (primary N) is 2. The molecule has 0 saturated carbocycles. The molecule has 1 aliphatic rings. The third kappa shape index (κ3) is 8.70. The zero-order valence-corrected chi connectivity index (χ0v) is 18.8. The normalized spacial score (nSPS) is 19.5. The van der Waals surface area contributed by atoms with Crippen LogP contribution in [0.1, 0.15) is 60.3 Å². The molecule has 1 fully saturated rings. The summed E-state index contributed by atoms with van der Waals surface area (Å²) in [7, 11) is 0. The summed E-state index contributed by atoms with van der Waals surface area (Å²) in [6.45, 7) is 12.2. The van der Waals surface area contributed by atoms with Crippen molar-refractivity contribution < 1.29 is 14.4 Å². The van der Waals surface area contributed by atoms with Gasteiger partial charge < -0.3 is 21.7 Å². The molecule has 3 amide bonds. The van der Waals surface area contributed by atoms with Gasteiger partial charge in [0.25, 0.3) is 0 Å². The van der Waals surface area contributed by atoms with Gasteiger partial charge in [0.2, 0.25) is 17.7 Å². The summed E-state index contributed by atoms with van der Waals surface area (Å²) in [6, 6.07) is -1.09. The quantitative estimate of drug-likeness (QED) is 0.462. The van der Waals surface area contributed by atoms with Gasteiger partial charge in [-0.3, -0.25) is 19.3 Å². The Morgan fingerprint density at radius 2 is 1.76 bits per heavy atom. The summed E-state index contributed by atoms with van der Waals surface area (Å²) in [5, 5.41) is 2.90. The van der Waals surface area contributed by atoms with Crippen LogP contribution in [0.2, 0.25) is 0 Å².